The molecule has 0 unspecified atom stereocenters. The van der Waals surface area contributed by atoms with Crippen molar-refractivity contribution in [2.45, 2.75) is 25.3 Å². The van der Waals surface area contributed by atoms with E-state index in [1.807, 2.05) is 12.4 Å². The SMILES string of the molecule is CCn1cnc(-c2ccc(S)cc2C)c1. The maximum Gasteiger partial charge on any atom is 0.0953 e. The number of hydrogen-bond donors (Lipinski definition) is 1. The lowest BCUT2D eigenvalue weighted by Crippen LogP contribution is -1.87. The van der Waals surface area contributed by atoms with Crippen LogP contribution in [0, 0.1) is 6.92 Å². The van der Waals surface area contributed by atoms with Crippen molar-refractivity contribution in [3.05, 3.63) is 36.3 Å². The van der Waals surface area contributed by atoms with Crippen LogP contribution in [0.15, 0.2) is 35.6 Å². The van der Waals surface area contributed by atoms with Gasteiger partial charge in [0.05, 0.1) is 12.0 Å². The second-order valence-corrected chi connectivity index (χ2v) is 4.10. The van der Waals surface area contributed by atoms with Crippen molar-refractivity contribution in [2.75, 3.05) is 0 Å². The second kappa shape index (κ2) is 4.11. The number of thiol groups is 1. The zero-order valence-corrected chi connectivity index (χ0v) is 9.83. The minimum Gasteiger partial charge on any atom is -0.337 e. The van der Waals surface area contributed by atoms with Gasteiger partial charge in [-0.05, 0) is 31.5 Å². The van der Waals surface area contributed by atoms with Gasteiger partial charge in [0.1, 0.15) is 0 Å². The fourth-order valence-electron chi connectivity index (χ4n) is 1.61. The summed E-state index contributed by atoms with van der Waals surface area (Å²) in [5.74, 6) is 0. The molecule has 1 aromatic heterocycles. The average molecular weight is 218 g/mol. The first-order chi connectivity index (χ1) is 7.20. The quantitative estimate of drug-likeness (QED) is 0.767. The third kappa shape index (κ3) is 2.07. The molecule has 0 radical (unpaired) electrons. The summed E-state index contributed by atoms with van der Waals surface area (Å²) in [7, 11) is 0. The topological polar surface area (TPSA) is 17.8 Å². The fourth-order valence-corrected chi connectivity index (χ4v) is 1.88. The summed E-state index contributed by atoms with van der Waals surface area (Å²) in [6.07, 6.45) is 3.93. The zero-order valence-electron chi connectivity index (χ0n) is 8.94. The van der Waals surface area contributed by atoms with Crippen LogP contribution in [0.4, 0.5) is 0 Å². The Kier molecular flexibility index (Phi) is 2.82. The average Bonchev–Trinajstić information content (AvgIpc) is 2.66. The lowest BCUT2D eigenvalue weighted by atomic mass is 10.1. The van der Waals surface area contributed by atoms with Crippen LogP contribution < -0.4 is 0 Å². The molecule has 0 saturated carbocycles. The van der Waals surface area contributed by atoms with Crippen LogP contribution in [0.1, 0.15) is 12.5 Å². The summed E-state index contributed by atoms with van der Waals surface area (Å²) >= 11 is 4.31. The van der Waals surface area contributed by atoms with Crippen LogP contribution in [-0.4, -0.2) is 9.55 Å². The highest BCUT2D eigenvalue weighted by molar-refractivity contribution is 7.80. The summed E-state index contributed by atoms with van der Waals surface area (Å²) in [5.41, 5.74) is 3.42. The summed E-state index contributed by atoms with van der Waals surface area (Å²) in [6, 6.07) is 6.12. The summed E-state index contributed by atoms with van der Waals surface area (Å²) < 4.78 is 2.07. The molecule has 1 aromatic carbocycles. The van der Waals surface area contributed by atoms with Gasteiger partial charge in [0.25, 0.3) is 0 Å². The summed E-state index contributed by atoms with van der Waals surface area (Å²) in [6.45, 7) is 5.14. The molecule has 15 heavy (non-hydrogen) atoms. The van der Waals surface area contributed by atoms with E-state index in [1.165, 1.54) is 11.1 Å². The molecule has 2 rings (SSSR count). The molecule has 0 atom stereocenters. The summed E-state index contributed by atoms with van der Waals surface area (Å²) in [5, 5.41) is 0. The monoisotopic (exact) mass is 218 g/mol. The van der Waals surface area contributed by atoms with E-state index in [2.05, 4.69) is 54.4 Å². The van der Waals surface area contributed by atoms with Gasteiger partial charge in [0, 0.05) is 23.2 Å². The van der Waals surface area contributed by atoms with E-state index >= 15 is 0 Å². The number of benzene rings is 1. The molecule has 0 aliphatic rings. The van der Waals surface area contributed by atoms with Crippen molar-refractivity contribution in [1.82, 2.24) is 9.55 Å². The molecule has 0 spiro atoms. The van der Waals surface area contributed by atoms with Gasteiger partial charge >= 0.3 is 0 Å². The van der Waals surface area contributed by atoms with Crippen LogP contribution in [0.2, 0.25) is 0 Å². The van der Waals surface area contributed by atoms with Crippen molar-refractivity contribution in [3.63, 3.8) is 0 Å². The Bertz CT molecular complexity index is 474. The first-order valence-electron chi connectivity index (χ1n) is 5.02. The van der Waals surface area contributed by atoms with E-state index < -0.39 is 0 Å². The van der Waals surface area contributed by atoms with Gasteiger partial charge in [-0.15, -0.1) is 12.6 Å². The van der Waals surface area contributed by atoms with Gasteiger partial charge in [-0.3, -0.25) is 0 Å². The Morgan fingerprint density at radius 2 is 2.20 bits per heavy atom. The number of nitrogens with zero attached hydrogens (tertiary/aromatic N) is 2. The Balaban J connectivity index is 2.44. The highest BCUT2D eigenvalue weighted by Crippen LogP contribution is 2.23. The number of aryl methyl sites for hydroxylation is 2. The molecule has 2 aromatic rings. The van der Waals surface area contributed by atoms with Gasteiger partial charge in [0.15, 0.2) is 0 Å². The molecule has 1 heterocycles. The van der Waals surface area contributed by atoms with Crippen LogP contribution in [-0.2, 0) is 6.54 Å². The van der Waals surface area contributed by atoms with E-state index in [0.717, 1.165) is 17.1 Å². The van der Waals surface area contributed by atoms with Crippen molar-refractivity contribution in [1.29, 1.82) is 0 Å². The van der Waals surface area contributed by atoms with E-state index in [0.29, 0.717) is 0 Å². The normalized spacial score (nSPS) is 10.6. The van der Waals surface area contributed by atoms with Crippen LogP contribution in [0.5, 0.6) is 0 Å². The molecular formula is C12H14N2S. The number of aromatic nitrogens is 2. The van der Waals surface area contributed by atoms with E-state index in [1.54, 1.807) is 0 Å². The van der Waals surface area contributed by atoms with Crippen molar-refractivity contribution in [3.8, 4) is 11.3 Å². The molecule has 2 nitrogen and oxygen atoms in total. The first kappa shape index (κ1) is 10.3. The van der Waals surface area contributed by atoms with Gasteiger partial charge < -0.3 is 4.57 Å². The molecule has 0 fully saturated rings. The predicted octanol–water partition coefficient (Wildman–Crippen LogP) is 3.17. The van der Waals surface area contributed by atoms with Crippen LogP contribution in [0.25, 0.3) is 11.3 Å². The first-order valence-corrected chi connectivity index (χ1v) is 5.47. The van der Waals surface area contributed by atoms with Crippen LogP contribution in [0.3, 0.4) is 0 Å². The van der Waals surface area contributed by atoms with E-state index in [4.69, 9.17) is 0 Å². The molecule has 0 aliphatic carbocycles. The molecule has 78 valence electrons. The largest absolute Gasteiger partial charge is 0.337 e. The molecule has 0 amide bonds. The Labute approximate surface area is 95.4 Å². The standard InChI is InChI=1S/C12H14N2S/c1-3-14-7-12(13-8-14)11-5-4-10(15)6-9(11)2/h4-8,15H,3H2,1-2H3. The maximum atomic E-state index is 4.39. The smallest absolute Gasteiger partial charge is 0.0953 e. The van der Waals surface area contributed by atoms with Crippen molar-refractivity contribution < 1.29 is 0 Å². The van der Waals surface area contributed by atoms with Gasteiger partial charge in [-0.2, -0.15) is 0 Å². The maximum absolute atomic E-state index is 4.39. The molecule has 0 saturated heterocycles. The van der Waals surface area contributed by atoms with Gasteiger partial charge in [-0.25, -0.2) is 4.98 Å². The minimum atomic E-state index is 0.955. The Hall–Kier alpha value is -1.22. The minimum absolute atomic E-state index is 0.955. The highest BCUT2D eigenvalue weighted by atomic mass is 32.1. The second-order valence-electron chi connectivity index (χ2n) is 3.59. The molecule has 3 heteroatoms. The fraction of sp³-hybridized carbons (Fsp3) is 0.250. The summed E-state index contributed by atoms with van der Waals surface area (Å²) in [4.78, 5) is 5.38. The predicted molar refractivity (Wildman–Crippen MR) is 65.3 cm³/mol. The van der Waals surface area contributed by atoms with Crippen LogP contribution >= 0.6 is 12.6 Å². The third-order valence-electron chi connectivity index (χ3n) is 2.48. The molecule has 0 bridgehead atoms. The van der Waals surface area contributed by atoms with E-state index in [-0.39, 0.29) is 0 Å². The van der Waals surface area contributed by atoms with Gasteiger partial charge in [-0.1, -0.05) is 6.07 Å². The number of hydrogen-bond acceptors (Lipinski definition) is 2. The number of rotatable bonds is 2. The lowest BCUT2D eigenvalue weighted by molar-refractivity contribution is 0.762. The Morgan fingerprint density at radius 3 is 2.80 bits per heavy atom. The lowest BCUT2D eigenvalue weighted by Gasteiger charge is -2.02. The molecule has 0 N–H and O–H groups in total. The van der Waals surface area contributed by atoms with Crippen molar-refractivity contribution in [2.24, 2.45) is 0 Å². The molecular weight excluding hydrogens is 204 g/mol. The Morgan fingerprint density at radius 1 is 1.40 bits per heavy atom. The molecule has 0 aliphatic heterocycles. The zero-order chi connectivity index (χ0) is 10.8. The third-order valence-corrected chi connectivity index (χ3v) is 2.76. The number of imidazole rings is 1. The van der Waals surface area contributed by atoms with Gasteiger partial charge in [0.2, 0.25) is 0 Å². The van der Waals surface area contributed by atoms with Crippen molar-refractivity contribution >= 4 is 12.6 Å². The highest BCUT2D eigenvalue weighted by Gasteiger charge is 2.04. The van der Waals surface area contributed by atoms with E-state index in [9.17, 15) is 0 Å².